The Bertz CT molecular complexity index is 1190. The van der Waals surface area contributed by atoms with Crippen molar-refractivity contribution in [2.45, 2.75) is 11.8 Å². The Morgan fingerprint density at radius 2 is 1.59 bits per heavy atom. The molecular formula is C23H24N2O6S. The topological polar surface area (TPSA) is 103 Å². The fourth-order valence-electron chi connectivity index (χ4n) is 2.87. The SMILES string of the molecule is COc1ccc(NS(=O)(=O)c2ccc(OCC(=O)Nc3cccc(OC)c3)c(C)c2)cc1. The van der Waals surface area contributed by atoms with Crippen molar-refractivity contribution in [1.29, 1.82) is 0 Å². The third-order valence-corrected chi connectivity index (χ3v) is 5.89. The standard InChI is InChI=1S/C23H24N2O6S/c1-16-13-21(32(27,28)25-17-7-9-19(29-2)10-8-17)11-12-22(16)31-15-23(26)24-18-5-4-6-20(14-18)30-3/h4-14,25H,15H2,1-3H3,(H,24,26). The van der Waals surface area contributed by atoms with Crippen molar-refractivity contribution in [3.05, 3.63) is 72.3 Å². The van der Waals surface area contributed by atoms with Crippen LogP contribution in [-0.4, -0.2) is 35.2 Å². The Kier molecular flexibility index (Phi) is 7.21. The van der Waals surface area contributed by atoms with Gasteiger partial charge in [0, 0.05) is 17.4 Å². The molecule has 32 heavy (non-hydrogen) atoms. The van der Waals surface area contributed by atoms with Gasteiger partial charge in [-0.25, -0.2) is 8.42 Å². The Hall–Kier alpha value is -3.72. The second kappa shape index (κ2) is 10.1. The van der Waals surface area contributed by atoms with Crippen molar-refractivity contribution in [1.82, 2.24) is 0 Å². The molecule has 3 aromatic carbocycles. The van der Waals surface area contributed by atoms with Crippen molar-refractivity contribution in [3.8, 4) is 17.2 Å². The van der Waals surface area contributed by atoms with Gasteiger partial charge in [-0.2, -0.15) is 0 Å². The highest BCUT2D eigenvalue weighted by Gasteiger charge is 2.16. The number of nitrogens with one attached hydrogen (secondary N) is 2. The summed E-state index contributed by atoms with van der Waals surface area (Å²) in [6, 6.07) is 18.0. The second-order valence-electron chi connectivity index (χ2n) is 6.83. The third-order valence-electron chi connectivity index (χ3n) is 4.51. The number of benzene rings is 3. The highest BCUT2D eigenvalue weighted by Crippen LogP contribution is 2.24. The highest BCUT2D eigenvalue weighted by molar-refractivity contribution is 7.92. The maximum absolute atomic E-state index is 12.7. The van der Waals surface area contributed by atoms with Gasteiger partial charge in [-0.3, -0.25) is 9.52 Å². The number of sulfonamides is 1. The van der Waals surface area contributed by atoms with Crippen molar-refractivity contribution in [2.75, 3.05) is 30.9 Å². The summed E-state index contributed by atoms with van der Waals surface area (Å²) in [6.45, 7) is 1.48. The van der Waals surface area contributed by atoms with Crippen LogP contribution >= 0.6 is 0 Å². The molecule has 3 aromatic rings. The summed E-state index contributed by atoms with van der Waals surface area (Å²) in [5.41, 5.74) is 1.58. The van der Waals surface area contributed by atoms with E-state index in [4.69, 9.17) is 14.2 Å². The number of rotatable bonds is 9. The van der Waals surface area contributed by atoms with E-state index >= 15 is 0 Å². The van der Waals surface area contributed by atoms with Crippen molar-refractivity contribution in [3.63, 3.8) is 0 Å². The first-order valence-corrected chi connectivity index (χ1v) is 11.1. The lowest BCUT2D eigenvalue weighted by molar-refractivity contribution is -0.118. The van der Waals surface area contributed by atoms with E-state index in [0.717, 1.165) is 0 Å². The number of amides is 1. The van der Waals surface area contributed by atoms with Gasteiger partial charge < -0.3 is 19.5 Å². The predicted molar refractivity (Wildman–Crippen MR) is 122 cm³/mol. The minimum atomic E-state index is -3.79. The lowest BCUT2D eigenvalue weighted by atomic mass is 10.2. The molecule has 0 aliphatic rings. The number of carbonyl (C=O) groups excluding carboxylic acids is 1. The summed E-state index contributed by atoms with van der Waals surface area (Å²) in [4.78, 5) is 12.3. The number of aryl methyl sites for hydroxylation is 1. The number of carbonyl (C=O) groups is 1. The molecule has 0 atom stereocenters. The van der Waals surface area contributed by atoms with Gasteiger partial charge in [-0.05, 0) is 67.1 Å². The van der Waals surface area contributed by atoms with Gasteiger partial charge in [-0.15, -0.1) is 0 Å². The summed E-state index contributed by atoms with van der Waals surface area (Å²) in [7, 11) is -0.708. The molecule has 8 nitrogen and oxygen atoms in total. The minimum Gasteiger partial charge on any atom is -0.497 e. The molecule has 2 N–H and O–H groups in total. The monoisotopic (exact) mass is 456 g/mol. The first-order chi connectivity index (χ1) is 15.3. The average molecular weight is 457 g/mol. The van der Waals surface area contributed by atoms with Crippen LogP contribution in [0.5, 0.6) is 17.2 Å². The van der Waals surface area contributed by atoms with E-state index in [1.807, 2.05) is 0 Å². The fourth-order valence-corrected chi connectivity index (χ4v) is 4.01. The fraction of sp³-hybridized carbons (Fsp3) is 0.174. The van der Waals surface area contributed by atoms with Crippen LogP contribution in [0.4, 0.5) is 11.4 Å². The number of anilines is 2. The molecule has 0 unspecified atom stereocenters. The largest absolute Gasteiger partial charge is 0.497 e. The number of hydrogen-bond donors (Lipinski definition) is 2. The molecule has 0 fully saturated rings. The van der Waals surface area contributed by atoms with Crippen LogP contribution in [0.3, 0.4) is 0 Å². The van der Waals surface area contributed by atoms with Crippen LogP contribution in [0, 0.1) is 6.92 Å². The average Bonchev–Trinajstić information content (AvgIpc) is 2.78. The molecule has 3 rings (SSSR count). The number of hydrogen-bond acceptors (Lipinski definition) is 6. The normalized spacial score (nSPS) is 10.8. The summed E-state index contributed by atoms with van der Waals surface area (Å²) in [5.74, 6) is 1.31. The van der Waals surface area contributed by atoms with E-state index in [1.165, 1.54) is 25.3 Å². The molecule has 9 heteroatoms. The lowest BCUT2D eigenvalue weighted by Gasteiger charge is -2.13. The molecule has 0 aliphatic carbocycles. The first-order valence-electron chi connectivity index (χ1n) is 9.65. The molecule has 0 radical (unpaired) electrons. The van der Waals surface area contributed by atoms with Gasteiger partial charge in [0.2, 0.25) is 0 Å². The van der Waals surface area contributed by atoms with Gasteiger partial charge in [0.1, 0.15) is 17.2 Å². The first kappa shape index (κ1) is 23.0. The molecule has 0 saturated carbocycles. The Morgan fingerprint density at radius 3 is 2.25 bits per heavy atom. The zero-order valence-electron chi connectivity index (χ0n) is 17.9. The van der Waals surface area contributed by atoms with Gasteiger partial charge >= 0.3 is 0 Å². The van der Waals surface area contributed by atoms with E-state index in [0.29, 0.717) is 34.2 Å². The van der Waals surface area contributed by atoms with E-state index in [9.17, 15) is 13.2 Å². The highest BCUT2D eigenvalue weighted by atomic mass is 32.2. The molecular weight excluding hydrogens is 432 g/mol. The molecule has 0 heterocycles. The summed E-state index contributed by atoms with van der Waals surface area (Å²) < 4.78 is 43.7. The van der Waals surface area contributed by atoms with Gasteiger partial charge in [-0.1, -0.05) is 6.07 Å². The van der Waals surface area contributed by atoms with E-state index < -0.39 is 10.0 Å². The van der Waals surface area contributed by atoms with Crippen molar-refractivity contribution < 1.29 is 27.4 Å². The Morgan fingerprint density at radius 1 is 0.875 bits per heavy atom. The van der Waals surface area contributed by atoms with E-state index in [2.05, 4.69) is 10.0 Å². The smallest absolute Gasteiger partial charge is 0.262 e. The minimum absolute atomic E-state index is 0.0824. The zero-order valence-corrected chi connectivity index (χ0v) is 18.7. The van der Waals surface area contributed by atoms with Crippen molar-refractivity contribution >= 4 is 27.3 Å². The van der Waals surface area contributed by atoms with Crippen LogP contribution in [0.25, 0.3) is 0 Å². The van der Waals surface area contributed by atoms with Crippen LogP contribution in [0.1, 0.15) is 5.56 Å². The van der Waals surface area contributed by atoms with Crippen LogP contribution in [0.15, 0.2) is 71.6 Å². The summed E-state index contributed by atoms with van der Waals surface area (Å²) in [5, 5.41) is 2.72. The molecule has 0 saturated heterocycles. The Labute approximate surface area is 187 Å². The summed E-state index contributed by atoms with van der Waals surface area (Å²) in [6.07, 6.45) is 0. The number of methoxy groups -OCH3 is 2. The summed E-state index contributed by atoms with van der Waals surface area (Å²) >= 11 is 0. The third kappa shape index (κ3) is 5.92. The second-order valence-corrected chi connectivity index (χ2v) is 8.51. The molecule has 1 amide bonds. The van der Waals surface area contributed by atoms with Gasteiger partial charge in [0.05, 0.1) is 19.1 Å². The predicted octanol–water partition coefficient (Wildman–Crippen LogP) is 3.83. The van der Waals surface area contributed by atoms with Gasteiger partial charge in [0.25, 0.3) is 15.9 Å². The van der Waals surface area contributed by atoms with Crippen molar-refractivity contribution in [2.24, 2.45) is 0 Å². The molecule has 168 valence electrons. The van der Waals surface area contributed by atoms with Crippen LogP contribution in [0.2, 0.25) is 0 Å². The zero-order chi connectivity index (χ0) is 23.1. The van der Waals surface area contributed by atoms with E-state index in [-0.39, 0.29) is 17.4 Å². The Balaban J connectivity index is 1.62. The van der Waals surface area contributed by atoms with Crippen LogP contribution < -0.4 is 24.2 Å². The van der Waals surface area contributed by atoms with E-state index in [1.54, 1.807) is 62.6 Å². The van der Waals surface area contributed by atoms with Gasteiger partial charge in [0.15, 0.2) is 6.61 Å². The van der Waals surface area contributed by atoms with Crippen LogP contribution in [-0.2, 0) is 14.8 Å². The molecule has 0 spiro atoms. The number of ether oxygens (including phenoxy) is 3. The lowest BCUT2D eigenvalue weighted by Crippen LogP contribution is -2.20. The molecule has 0 bridgehead atoms. The maximum Gasteiger partial charge on any atom is 0.262 e. The maximum atomic E-state index is 12.7. The molecule has 0 aliphatic heterocycles. The quantitative estimate of drug-likeness (QED) is 0.507. The molecule has 0 aromatic heterocycles.